The maximum atomic E-state index is 13.0. The summed E-state index contributed by atoms with van der Waals surface area (Å²) in [5, 5.41) is 4.60. The van der Waals surface area contributed by atoms with Crippen LogP contribution < -0.4 is 20.1 Å². The van der Waals surface area contributed by atoms with Gasteiger partial charge in [0.2, 0.25) is 0 Å². The molecule has 0 unspecified atom stereocenters. The highest BCUT2D eigenvalue weighted by atomic mass is 127. The van der Waals surface area contributed by atoms with Gasteiger partial charge in [-0.25, -0.2) is 9.18 Å². The van der Waals surface area contributed by atoms with E-state index in [9.17, 15) is 14.0 Å². The quantitative estimate of drug-likeness (QED) is 0.375. The van der Waals surface area contributed by atoms with Gasteiger partial charge in [0.15, 0.2) is 11.5 Å². The first-order valence-corrected chi connectivity index (χ1v) is 9.21. The second-order valence-corrected chi connectivity index (χ2v) is 6.81. The Morgan fingerprint density at radius 3 is 2.48 bits per heavy atom. The zero-order chi connectivity index (χ0) is 19.4. The number of benzene rings is 2. The van der Waals surface area contributed by atoms with Crippen LogP contribution in [0, 0.1) is 9.39 Å². The number of hydrogen-bond donors (Lipinski definition) is 2. The Hall–Kier alpha value is -2.62. The number of carbonyl (C=O) groups excluding carboxylic acids is 2. The van der Waals surface area contributed by atoms with Gasteiger partial charge in [0, 0.05) is 0 Å². The fraction of sp³-hybridized carbons (Fsp3) is 0.158. The molecule has 3 rings (SSSR count). The molecule has 1 aliphatic rings. The van der Waals surface area contributed by atoms with Gasteiger partial charge in [0.05, 0.1) is 10.2 Å². The SMILES string of the molecule is CCOc1cc(C=C2NC(=O)NC2=O)cc(I)c1OCc1ccc(F)cc1. The van der Waals surface area contributed by atoms with Crippen molar-refractivity contribution in [3.63, 3.8) is 0 Å². The fourth-order valence-electron chi connectivity index (χ4n) is 2.46. The second-order valence-electron chi connectivity index (χ2n) is 5.64. The molecule has 3 amide bonds. The molecule has 8 heteroatoms. The highest BCUT2D eigenvalue weighted by Gasteiger charge is 2.23. The monoisotopic (exact) mass is 482 g/mol. The Bertz CT molecular complexity index is 913. The van der Waals surface area contributed by atoms with E-state index >= 15 is 0 Å². The molecule has 1 aliphatic heterocycles. The normalized spacial score (nSPS) is 14.9. The lowest BCUT2D eigenvalue weighted by molar-refractivity contribution is -0.115. The summed E-state index contributed by atoms with van der Waals surface area (Å²) in [5.74, 6) is 0.292. The predicted molar refractivity (Wildman–Crippen MR) is 106 cm³/mol. The number of carbonyl (C=O) groups is 2. The molecule has 1 fully saturated rings. The average Bonchev–Trinajstić information content (AvgIpc) is 2.93. The standard InChI is InChI=1S/C19H16FIN2O4/c1-2-26-16-9-12(8-15-18(24)23-19(25)22-15)7-14(21)17(16)27-10-11-3-5-13(20)6-4-11/h3-9H,2,10H2,1H3,(H2,22,23,24,25). The van der Waals surface area contributed by atoms with Crippen molar-refractivity contribution in [2.45, 2.75) is 13.5 Å². The van der Waals surface area contributed by atoms with Crippen molar-refractivity contribution in [2.75, 3.05) is 6.61 Å². The van der Waals surface area contributed by atoms with Crippen molar-refractivity contribution in [2.24, 2.45) is 0 Å². The molecule has 0 atom stereocenters. The molecule has 0 saturated carbocycles. The molecule has 6 nitrogen and oxygen atoms in total. The Morgan fingerprint density at radius 2 is 1.85 bits per heavy atom. The lowest BCUT2D eigenvalue weighted by Gasteiger charge is -2.15. The van der Waals surface area contributed by atoms with Crippen LogP contribution in [0.25, 0.3) is 6.08 Å². The summed E-state index contributed by atoms with van der Waals surface area (Å²) in [5.41, 5.74) is 1.67. The zero-order valence-electron chi connectivity index (χ0n) is 14.3. The minimum atomic E-state index is -0.551. The number of hydrogen-bond acceptors (Lipinski definition) is 4. The van der Waals surface area contributed by atoms with Gasteiger partial charge in [-0.3, -0.25) is 10.1 Å². The van der Waals surface area contributed by atoms with Crippen LogP contribution in [0.2, 0.25) is 0 Å². The molecule has 1 saturated heterocycles. The summed E-state index contributed by atoms with van der Waals surface area (Å²) < 4.78 is 25.4. The number of nitrogens with one attached hydrogen (secondary N) is 2. The van der Waals surface area contributed by atoms with Crippen LogP contribution in [0.5, 0.6) is 11.5 Å². The van der Waals surface area contributed by atoms with Crippen LogP contribution in [0.15, 0.2) is 42.1 Å². The van der Waals surface area contributed by atoms with Crippen LogP contribution in [0.3, 0.4) is 0 Å². The first-order valence-electron chi connectivity index (χ1n) is 8.14. The van der Waals surface area contributed by atoms with E-state index in [0.717, 1.165) is 9.13 Å². The maximum Gasteiger partial charge on any atom is 0.326 e. The molecule has 0 bridgehead atoms. The molecule has 0 spiro atoms. The first kappa shape index (κ1) is 19.2. The van der Waals surface area contributed by atoms with E-state index in [1.807, 2.05) is 13.0 Å². The van der Waals surface area contributed by atoms with Gasteiger partial charge in [0.25, 0.3) is 5.91 Å². The van der Waals surface area contributed by atoms with Crippen molar-refractivity contribution in [1.82, 2.24) is 10.6 Å². The van der Waals surface area contributed by atoms with Crippen LogP contribution in [0.4, 0.5) is 9.18 Å². The van der Waals surface area contributed by atoms with Crippen LogP contribution in [-0.4, -0.2) is 18.5 Å². The maximum absolute atomic E-state index is 13.0. The van der Waals surface area contributed by atoms with Crippen molar-refractivity contribution >= 4 is 40.6 Å². The van der Waals surface area contributed by atoms with Crippen molar-refractivity contribution in [3.05, 3.63) is 62.6 Å². The van der Waals surface area contributed by atoms with E-state index in [2.05, 4.69) is 33.2 Å². The van der Waals surface area contributed by atoms with E-state index in [-0.39, 0.29) is 18.1 Å². The highest BCUT2D eigenvalue weighted by molar-refractivity contribution is 14.1. The smallest absolute Gasteiger partial charge is 0.326 e. The van der Waals surface area contributed by atoms with Gasteiger partial charge >= 0.3 is 6.03 Å². The topological polar surface area (TPSA) is 76.7 Å². The average molecular weight is 482 g/mol. The second kappa shape index (κ2) is 8.38. The Morgan fingerprint density at radius 1 is 1.11 bits per heavy atom. The number of amides is 3. The number of urea groups is 1. The molecule has 2 aromatic rings. The van der Waals surface area contributed by atoms with Gasteiger partial charge in [-0.2, -0.15) is 0 Å². The van der Waals surface area contributed by atoms with Crippen molar-refractivity contribution in [1.29, 1.82) is 0 Å². The number of halogens is 2. The van der Waals surface area contributed by atoms with E-state index in [4.69, 9.17) is 9.47 Å². The minimum absolute atomic E-state index is 0.165. The summed E-state index contributed by atoms with van der Waals surface area (Å²) in [4.78, 5) is 22.9. The number of ether oxygens (including phenoxy) is 2. The molecule has 0 aliphatic carbocycles. The van der Waals surface area contributed by atoms with Gasteiger partial charge in [-0.1, -0.05) is 12.1 Å². The molecular formula is C19H16FIN2O4. The predicted octanol–water partition coefficient (Wildman–Crippen LogP) is 3.59. The Labute approximate surface area is 168 Å². The summed E-state index contributed by atoms with van der Waals surface area (Å²) in [6.45, 7) is 2.54. The summed E-state index contributed by atoms with van der Waals surface area (Å²) in [7, 11) is 0. The summed E-state index contributed by atoms with van der Waals surface area (Å²) in [6.07, 6.45) is 1.56. The van der Waals surface area contributed by atoms with Crippen LogP contribution in [0.1, 0.15) is 18.1 Å². The lowest BCUT2D eigenvalue weighted by Crippen LogP contribution is -2.22. The third-order valence-corrected chi connectivity index (χ3v) is 4.46. The van der Waals surface area contributed by atoms with E-state index < -0.39 is 11.9 Å². The molecule has 2 N–H and O–H groups in total. The van der Waals surface area contributed by atoms with Gasteiger partial charge < -0.3 is 14.8 Å². The molecule has 1 heterocycles. The lowest BCUT2D eigenvalue weighted by atomic mass is 10.1. The zero-order valence-corrected chi connectivity index (χ0v) is 16.5. The molecule has 2 aromatic carbocycles. The third kappa shape index (κ3) is 4.76. The summed E-state index contributed by atoms with van der Waals surface area (Å²) in [6, 6.07) is 9.06. The van der Waals surface area contributed by atoms with Crippen LogP contribution >= 0.6 is 22.6 Å². The van der Waals surface area contributed by atoms with Gasteiger partial charge in [-0.15, -0.1) is 0 Å². The first-order chi connectivity index (χ1) is 13.0. The Balaban J connectivity index is 1.85. The van der Waals surface area contributed by atoms with E-state index in [1.54, 1.807) is 24.3 Å². The largest absolute Gasteiger partial charge is 0.490 e. The van der Waals surface area contributed by atoms with Crippen molar-refractivity contribution in [3.8, 4) is 11.5 Å². The number of rotatable bonds is 6. The summed E-state index contributed by atoms with van der Waals surface area (Å²) >= 11 is 2.11. The Kier molecular flexibility index (Phi) is 5.94. The highest BCUT2D eigenvalue weighted by Crippen LogP contribution is 2.35. The molecule has 0 radical (unpaired) electrons. The third-order valence-electron chi connectivity index (χ3n) is 3.66. The van der Waals surface area contributed by atoms with Gasteiger partial charge in [-0.05, 0) is 71.0 Å². The van der Waals surface area contributed by atoms with Crippen molar-refractivity contribution < 1.29 is 23.5 Å². The molecular weight excluding hydrogens is 466 g/mol. The van der Waals surface area contributed by atoms with Gasteiger partial charge in [0.1, 0.15) is 18.1 Å². The number of imide groups is 1. The fourth-order valence-corrected chi connectivity index (χ4v) is 3.24. The molecule has 0 aromatic heterocycles. The van der Waals surface area contributed by atoms with E-state index in [1.165, 1.54) is 12.1 Å². The van der Waals surface area contributed by atoms with Crippen LogP contribution in [-0.2, 0) is 11.4 Å². The molecule has 27 heavy (non-hydrogen) atoms. The minimum Gasteiger partial charge on any atom is -0.490 e. The molecule has 140 valence electrons. The van der Waals surface area contributed by atoms with E-state index in [0.29, 0.717) is 23.7 Å².